The van der Waals surface area contributed by atoms with Gasteiger partial charge in [-0.3, -0.25) is 9.69 Å². The van der Waals surface area contributed by atoms with E-state index in [4.69, 9.17) is 0 Å². The quantitative estimate of drug-likeness (QED) is 0.815. The average molecular weight is 295 g/mol. The highest BCUT2D eigenvalue weighted by atomic mass is 16.3. The Kier molecular flexibility index (Phi) is 5.39. The molecular formula is C15H25N3O3. The number of nitrogens with zero attached hydrogens (tertiary/aromatic N) is 3. The van der Waals surface area contributed by atoms with Crippen molar-refractivity contribution in [3.8, 4) is 5.75 Å². The molecule has 1 aliphatic heterocycles. The predicted octanol–water partition coefficient (Wildman–Crippen LogP) is 0.245. The van der Waals surface area contributed by atoms with Crippen molar-refractivity contribution in [2.45, 2.75) is 25.9 Å². The highest BCUT2D eigenvalue weighted by molar-refractivity contribution is 5.21. The molecule has 0 aliphatic carbocycles. The second-order valence-corrected chi connectivity index (χ2v) is 5.75. The van der Waals surface area contributed by atoms with Crippen molar-refractivity contribution in [2.24, 2.45) is 0 Å². The van der Waals surface area contributed by atoms with Crippen LogP contribution >= 0.6 is 0 Å². The first-order valence-corrected chi connectivity index (χ1v) is 7.51. The molecule has 2 heterocycles. The summed E-state index contributed by atoms with van der Waals surface area (Å²) in [5, 5.41) is 19.2. The van der Waals surface area contributed by atoms with Crippen LogP contribution in [0.2, 0.25) is 0 Å². The molecule has 1 saturated heterocycles. The first-order valence-electron chi connectivity index (χ1n) is 7.51. The number of aliphatic hydroxyl groups excluding tert-OH is 1. The summed E-state index contributed by atoms with van der Waals surface area (Å²) in [5.41, 5.74) is 0.492. The van der Waals surface area contributed by atoms with Gasteiger partial charge in [-0.2, -0.15) is 0 Å². The van der Waals surface area contributed by atoms with Crippen LogP contribution in [0.3, 0.4) is 0 Å². The first kappa shape index (κ1) is 16.0. The highest BCUT2D eigenvalue weighted by Crippen LogP contribution is 2.18. The Morgan fingerprint density at radius 3 is 2.52 bits per heavy atom. The normalized spacial score (nSPS) is 18.8. The fourth-order valence-electron chi connectivity index (χ4n) is 2.69. The van der Waals surface area contributed by atoms with Crippen molar-refractivity contribution in [2.75, 3.05) is 39.8 Å². The van der Waals surface area contributed by atoms with Crippen LogP contribution in [-0.2, 0) is 6.54 Å². The molecule has 1 atom stereocenters. The van der Waals surface area contributed by atoms with E-state index in [9.17, 15) is 15.0 Å². The van der Waals surface area contributed by atoms with E-state index in [0.29, 0.717) is 6.54 Å². The summed E-state index contributed by atoms with van der Waals surface area (Å²) in [7, 11) is 2.10. The summed E-state index contributed by atoms with van der Waals surface area (Å²) in [6.45, 7) is 6.59. The van der Waals surface area contributed by atoms with Crippen molar-refractivity contribution >= 4 is 0 Å². The Balaban J connectivity index is 2.24. The lowest BCUT2D eigenvalue weighted by atomic mass is 10.2. The lowest BCUT2D eigenvalue weighted by Crippen LogP contribution is -2.44. The zero-order valence-corrected chi connectivity index (χ0v) is 12.8. The van der Waals surface area contributed by atoms with Gasteiger partial charge in [0.15, 0.2) is 5.75 Å². The fraction of sp³-hybridized carbons (Fsp3) is 0.667. The Morgan fingerprint density at radius 1 is 1.29 bits per heavy atom. The summed E-state index contributed by atoms with van der Waals surface area (Å²) in [4.78, 5) is 16.3. The Morgan fingerprint density at radius 2 is 1.95 bits per heavy atom. The molecule has 1 aliphatic rings. The molecule has 1 unspecified atom stereocenters. The Bertz CT molecular complexity index is 517. The van der Waals surface area contributed by atoms with Crippen LogP contribution in [0.25, 0.3) is 0 Å². The third-order valence-electron chi connectivity index (χ3n) is 4.20. The van der Waals surface area contributed by atoms with Crippen molar-refractivity contribution in [3.05, 3.63) is 28.2 Å². The van der Waals surface area contributed by atoms with Gasteiger partial charge < -0.3 is 19.7 Å². The number of aromatic hydroxyl groups is 1. The summed E-state index contributed by atoms with van der Waals surface area (Å²) in [6.07, 6.45) is 2.20. The third-order valence-corrected chi connectivity index (χ3v) is 4.20. The van der Waals surface area contributed by atoms with Gasteiger partial charge in [-0.15, -0.1) is 0 Å². The van der Waals surface area contributed by atoms with Crippen LogP contribution in [0.4, 0.5) is 0 Å². The maximum absolute atomic E-state index is 11.7. The molecule has 0 aromatic carbocycles. The number of piperazine rings is 1. The molecule has 1 fully saturated rings. The van der Waals surface area contributed by atoms with E-state index in [1.165, 1.54) is 12.3 Å². The lowest BCUT2D eigenvalue weighted by Gasteiger charge is -2.33. The average Bonchev–Trinajstić information content (AvgIpc) is 2.47. The smallest absolute Gasteiger partial charge is 0.223 e. The minimum atomic E-state index is -0.358. The van der Waals surface area contributed by atoms with E-state index < -0.39 is 0 Å². The van der Waals surface area contributed by atoms with E-state index in [-0.39, 0.29) is 23.8 Å². The van der Waals surface area contributed by atoms with Crippen molar-refractivity contribution < 1.29 is 10.2 Å². The van der Waals surface area contributed by atoms with Crippen LogP contribution in [0.5, 0.6) is 5.75 Å². The second kappa shape index (κ2) is 7.06. The molecule has 0 spiro atoms. The monoisotopic (exact) mass is 295 g/mol. The van der Waals surface area contributed by atoms with Crippen molar-refractivity contribution in [3.63, 3.8) is 0 Å². The topological polar surface area (TPSA) is 68.9 Å². The van der Waals surface area contributed by atoms with Gasteiger partial charge in [0.1, 0.15) is 0 Å². The lowest BCUT2D eigenvalue weighted by molar-refractivity contribution is 0.142. The van der Waals surface area contributed by atoms with Crippen molar-refractivity contribution in [1.29, 1.82) is 0 Å². The minimum Gasteiger partial charge on any atom is -0.503 e. The molecule has 0 radical (unpaired) electrons. The molecule has 1 aromatic rings. The van der Waals surface area contributed by atoms with Crippen LogP contribution in [0.1, 0.15) is 25.1 Å². The number of aromatic nitrogens is 1. The summed E-state index contributed by atoms with van der Waals surface area (Å²) in [5.74, 6) is -0.260. The van der Waals surface area contributed by atoms with Crippen molar-refractivity contribution in [1.82, 2.24) is 14.4 Å². The number of likely N-dealkylation sites (N-methyl/N-ethyl adjacent to an activating group) is 1. The number of aliphatic hydroxyl groups is 1. The minimum absolute atomic E-state index is 0.00541. The van der Waals surface area contributed by atoms with Gasteiger partial charge in [0.2, 0.25) is 5.43 Å². The number of hydrogen-bond donors (Lipinski definition) is 2. The third kappa shape index (κ3) is 3.84. The SMILES string of the molecule is CCC(CO)n1cc(O)c(=O)cc1CN1CCN(C)CC1. The first-order chi connectivity index (χ1) is 10.0. The van der Waals surface area contributed by atoms with Gasteiger partial charge in [0.25, 0.3) is 0 Å². The fourth-order valence-corrected chi connectivity index (χ4v) is 2.69. The van der Waals surface area contributed by atoms with E-state index in [2.05, 4.69) is 16.8 Å². The second-order valence-electron chi connectivity index (χ2n) is 5.75. The molecule has 21 heavy (non-hydrogen) atoms. The molecule has 0 amide bonds. The molecule has 1 aromatic heterocycles. The zero-order chi connectivity index (χ0) is 15.4. The molecule has 0 bridgehead atoms. The van der Waals surface area contributed by atoms with Crippen LogP contribution in [-0.4, -0.2) is 64.4 Å². The standard InChI is InChI=1S/C15H25N3O3/c1-3-12(11-19)18-10-15(21)14(20)8-13(18)9-17-6-4-16(2)5-7-17/h8,10,12,19,21H,3-7,9,11H2,1-2H3. The van der Waals surface area contributed by atoms with E-state index >= 15 is 0 Å². The Labute approximate surface area is 125 Å². The number of pyridine rings is 1. The molecule has 2 N–H and O–H groups in total. The van der Waals surface area contributed by atoms with Gasteiger partial charge in [-0.1, -0.05) is 6.92 Å². The van der Waals surface area contributed by atoms with E-state index in [1.807, 2.05) is 11.5 Å². The molecule has 6 heteroatoms. The predicted molar refractivity (Wildman–Crippen MR) is 81.6 cm³/mol. The summed E-state index contributed by atoms with van der Waals surface area (Å²) < 4.78 is 1.84. The molecule has 0 saturated carbocycles. The number of hydrogen-bond acceptors (Lipinski definition) is 5. The molecule has 6 nitrogen and oxygen atoms in total. The maximum atomic E-state index is 11.7. The van der Waals surface area contributed by atoms with Gasteiger partial charge in [0.05, 0.1) is 18.8 Å². The van der Waals surface area contributed by atoms with Gasteiger partial charge in [-0.25, -0.2) is 0 Å². The van der Waals surface area contributed by atoms with Gasteiger partial charge in [0, 0.05) is 44.5 Å². The Hall–Kier alpha value is -1.37. The van der Waals surface area contributed by atoms with Gasteiger partial charge in [-0.05, 0) is 13.5 Å². The van der Waals surface area contributed by atoms with Crippen LogP contribution in [0, 0.1) is 0 Å². The zero-order valence-electron chi connectivity index (χ0n) is 12.8. The number of rotatable bonds is 5. The van der Waals surface area contributed by atoms with E-state index in [1.54, 1.807) is 0 Å². The van der Waals surface area contributed by atoms with Gasteiger partial charge >= 0.3 is 0 Å². The van der Waals surface area contributed by atoms with E-state index in [0.717, 1.165) is 38.3 Å². The maximum Gasteiger partial charge on any atom is 0.223 e. The highest BCUT2D eigenvalue weighted by Gasteiger charge is 2.18. The summed E-state index contributed by atoms with van der Waals surface area (Å²) in [6, 6.07) is 1.38. The van der Waals surface area contributed by atoms with Crippen LogP contribution < -0.4 is 5.43 Å². The largest absolute Gasteiger partial charge is 0.503 e. The molecule has 118 valence electrons. The molecule has 2 rings (SSSR count). The van der Waals surface area contributed by atoms with Crippen LogP contribution in [0.15, 0.2) is 17.1 Å². The molecular weight excluding hydrogens is 270 g/mol. The summed E-state index contributed by atoms with van der Waals surface area (Å²) >= 11 is 0.